The number of hydrogen-bond donors (Lipinski definition) is 3. The van der Waals surface area contributed by atoms with Gasteiger partial charge in [-0.15, -0.1) is 12.4 Å². The summed E-state index contributed by atoms with van der Waals surface area (Å²) in [5.74, 6) is -1.92. The van der Waals surface area contributed by atoms with Gasteiger partial charge < -0.3 is 15.9 Å². The smallest absolute Gasteiger partial charge is 0.416 e. The molecule has 0 heterocycles. The van der Waals surface area contributed by atoms with Crippen molar-refractivity contribution in [2.75, 3.05) is 0 Å². The normalized spacial score (nSPS) is 12.7. The first kappa shape index (κ1) is 16.5. The van der Waals surface area contributed by atoms with Crippen molar-refractivity contribution in [3.05, 3.63) is 29.3 Å². The molecule has 1 rings (SSSR count). The van der Waals surface area contributed by atoms with Crippen LogP contribution < -0.4 is 5.73 Å². The van der Waals surface area contributed by atoms with Crippen LogP contribution in [0.25, 0.3) is 0 Å². The van der Waals surface area contributed by atoms with Crippen molar-refractivity contribution < 1.29 is 28.2 Å². The number of hydrogen-bond acceptors (Lipinski definition) is 3. The van der Waals surface area contributed by atoms with E-state index < -0.39 is 35.9 Å². The number of aliphatic carboxylic acids is 1. The maximum absolute atomic E-state index is 12.6. The Kier molecular flexibility index (Phi) is 5.44. The van der Waals surface area contributed by atoms with Crippen LogP contribution in [0, 0.1) is 0 Å². The summed E-state index contributed by atoms with van der Waals surface area (Å²) in [6.07, 6.45) is -5.11. The van der Waals surface area contributed by atoms with Gasteiger partial charge in [-0.2, -0.15) is 13.2 Å². The number of aromatic hydroxyl groups is 1. The van der Waals surface area contributed by atoms with E-state index in [-0.39, 0.29) is 18.0 Å². The van der Waals surface area contributed by atoms with Gasteiger partial charge in [0.1, 0.15) is 11.8 Å². The minimum absolute atomic E-state index is 0. The Morgan fingerprint density at radius 1 is 1.39 bits per heavy atom. The van der Waals surface area contributed by atoms with E-state index in [9.17, 15) is 18.0 Å². The molecule has 0 aliphatic rings. The first-order chi connectivity index (χ1) is 7.71. The molecular formula is C10H11ClF3NO3. The summed E-state index contributed by atoms with van der Waals surface area (Å²) >= 11 is 0. The van der Waals surface area contributed by atoms with Crippen molar-refractivity contribution in [3.8, 4) is 5.75 Å². The molecule has 0 bridgehead atoms. The lowest BCUT2D eigenvalue weighted by Gasteiger charge is -2.14. The summed E-state index contributed by atoms with van der Waals surface area (Å²) in [6.45, 7) is 0. The first-order valence-electron chi connectivity index (χ1n) is 4.59. The Morgan fingerprint density at radius 2 is 1.94 bits per heavy atom. The van der Waals surface area contributed by atoms with Crippen molar-refractivity contribution in [1.82, 2.24) is 0 Å². The summed E-state index contributed by atoms with van der Waals surface area (Å²) in [4.78, 5) is 10.5. The van der Waals surface area contributed by atoms with E-state index in [1.54, 1.807) is 0 Å². The second-order valence-corrected chi connectivity index (χ2v) is 3.49. The van der Waals surface area contributed by atoms with Gasteiger partial charge in [0.05, 0.1) is 5.56 Å². The lowest BCUT2D eigenvalue weighted by atomic mass is 10.00. The Bertz CT molecular complexity index is 437. The third kappa shape index (κ3) is 4.08. The fourth-order valence-electron chi connectivity index (χ4n) is 1.33. The zero-order chi connectivity index (χ0) is 13.2. The lowest BCUT2D eigenvalue weighted by molar-refractivity contribution is -0.140. The number of nitrogens with two attached hydrogens (primary N) is 1. The number of carbonyl (C=O) groups is 1. The molecule has 1 aromatic rings. The highest BCUT2D eigenvalue weighted by molar-refractivity contribution is 5.85. The zero-order valence-corrected chi connectivity index (χ0v) is 9.76. The molecular weight excluding hydrogens is 275 g/mol. The van der Waals surface area contributed by atoms with Crippen molar-refractivity contribution in [2.24, 2.45) is 5.73 Å². The highest BCUT2D eigenvalue weighted by atomic mass is 35.5. The Balaban J connectivity index is 0.00000289. The van der Waals surface area contributed by atoms with Crippen LogP contribution in [0.4, 0.5) is 13.2 Å². The van der Waals surface area contributed by atoms with Crippen LogP contribution in [0.2, 0.25) is 0 Å². The standard InChI is InChI=1S/C10H10F3NO3.ClH/c11-10(12,13)7-4-6(15)2-1-5(7)3-8(14)9(16)17;/h1-2,4,8,15H,3,14H2,(H,16,17);1H. The number of carboxylic acid groups (broad SMARTS) is 1. The van der Waals surface area contributed by atoms with Gasteiger partial charge in [0.15, 0.2) is 0 Å². The minimum atomic E-state index is -4.66. The molecule has 8 heteroatoms. The van der Waals surface area contributed by atoms with Gasteiger partial charge in [-0.1, -0.05) is 6.07 Å². The Labute approximate surface area is 107 Å². The van der Waals surface area contributed by atoms with Gasteiger partial charge in [0, 0.05) is 0 Å². The molecule has 0 amide bonds. The number of halogens is 4. The van der Waals surface area contributed by atoms with E-state index in [1.807, 2.05) is 0 Å². The Morgan fingerprint density at radius 3 is 2.39 bits per heavy atom. The fourth-order valence-corrected chi connectivity index (χ4v) is 1.33. The number of carboxylic acids is 1. The SMILES string of the molecule is Cl.NC(Cc1ccc(O)cc1C(F)(F)F)C(=O)O. The van der Waals surface area contributed by atoms with E-state index in [2.05, 4.69) is 0 Å². The summed E-state index contributed by atoms with van der Waals surface area (Å²) in [6, 6.07) is 1.20. The van der Waals surface area contributed by atoms with Crippen molar-refractivity contribution in [2.45, 2.75) is 18.6 Å². The summed E-state index contributed by atoms with van der Waals surface area (Å²) < 4.78 is 37.7. The molecule has 0 spiro atoms. The maximum Gasteiger partial charge on any atom is 0.416 e. The predicted molar refractivity (Wildman–Crippen MR) is 59.7 cm³/mol. The molecule has 18 heavy (non-hydrogen) atoms. The molecule has 0 saturated carbocycles. The topological polar surface area (TPSA) is 83.5 Å². The van der Waals surface area contributed by atoms with Gasteiger partial charge in [-0.25, -0.2) is 0 Å². The van der Waals surface area contributed by atoms with Gasteiger partial charge in [-0.05, 0) is 24.1 Å². The highest BCUT2D eigenvalue weighted by Crippen LogP contribution is 2.34. The lowest BCUT2D eigenvalue weighted by Crippen LogP contribution is -2.33. The predicted octanol–water partition coefficient (Wildman–Crippen LogP) is 1.79. The quantitative estimate of drug-likeness (QED) is 0.790. The third-order valence-corrected chi connectivity index (χ3v) is 2.16. The van der Waals surface area contributed by atoms with Gasteiger partial charge in [-0.3, -0.25) is 4.79 Å². The average Bonchev–Trinajstić information content (AvgIpc) is 2.18. The molecule has 0 aliphatic heterocycles. The fraction of sp³-hybridized carbons (Fsp3) is 0.300. The number of phenolic OH excluding ortho intramolecular Hbond substituents is 1. The van der Waals surface area contributed by atoms with Crippen LogP contribution in [0.5, 0.6) is 5.75 Å². The Hall–Kier alpha value is -1.47. The van der Waals surface area contributed by atoms with E-state index in [0.29, 0.717) is 6.07 Å². The molecule has 1 atom stereocenters. The number of rotatable bonds is 3. The second kappa shape index (κ2) is 5.92. The number of phenols is 1. The van der Waals surface area contributed by atoms with E-state index in [4.69, 9.17) is 15.9 Å². The van der Waals surface area contributed by atoms with Crippen molar-refractivity contribution in [3.63, 3.8) is 0 Å². The highest BCUT2D eigenvalue weighted by Gasteiger charge is 2.34. The zero-order valence-electron chi connectivity index (χ0n) is 8.94. The van der Waals surface area contributed by atoms with Crippen LogP contribution in [0.1, 0.15) is 11.1 Å². The molecule has 0 saturated heterocycles. The first-order valence-corrected chi connectivity index (χ1v) is 4.59. The van der Waals surface area contributed by atoms with Gasteiger partial charge >= 0.3 is 12.1 Å². The molecule has 0 aliphatic carbocycles. The van der Waals surface area contributed by atoms with E-state index >= 15 is 0 Å². The van der Waals surface area contributed by atoms with E-state index in [0.717, 1.165) is 12.1 Å². The second-order valence-electron chi connectivity index (χ2n) is 3.49. The van der Waals surface area contributed by atoms with Crippen LogP contribution in [0.15, 0.2) is 18.2 Å². The van der Waals surface area contributed by atoms with E-state index in [1.165, 1.54) is 0 Å². The molecule has 1 unspecified atom stereocenters. The third-order valence-electron chi connectivity index (χ3n) is 2.16. The number of alkyl halides is 3. The summed E-state index contributed by atoms with van der Waals surface area (Å²) in [5.41, 5.74) is 3.84. The van der Waals surface area contributed by atoms with Crippen LogP contribution in [0.3, 0.4) is 0 Å². The van der Waals surface area contributed by atoms with Crippen molar-refractivity contribution >= 4 is 18.4 Å². The molecule has 0 fully saturated rings. The van der Waals surface area contributed by atoms with Crippen molar-refractivity contribution in [1.29, 1.82) is 0 Å². The average molecular weight is 286 g/mol. The molecule has 1 aromatic carbocycles. The monoisotopic (exact) mass is 285 g/mol. The maximum atomic E-state index is 12.6. The molecule has 0 aromatic heterocycles. The molecule has 4 N–H and O–H groups in total. The largest absolute Gasteiger partial charge is 0.508 e. The summed E-state index contributed by atoms with van der Waals surface area (Å²) in [5, 5.41) is 17.5. The minimum Gasteiger partial charge on any atom is -0.508 e. The van der Waals surface area contributed by atoms with Crippen LogP contribution >= 0.6 is 12.4 Å². The van der Waals surface area contributed by atoms with Gasteiger partial charge in [0.2, 0.25) is 0 Å². The van der Waals surface area contributed by atoms with Crippen LogP contribution in [-0.4, -0.2) is 22.2 Å². The van der Waals surface area contributed by atoms with Gasteiger partial charge in [0.25, 0.3) is 0 Å². The summed E-state index contributed by atoms with van der Waals surface area (Å²) in [7, 11) is 0. The molecule has 4 nitrogen and oxygen atoms in total. The number of benzene rings is 1. The molecule has 0 radical (unpaired) electrons. The molecule has 102 valence electrons. The van der Waals surface area contributed by atoms with Crippen LogP contribution in [-0.2, 0) is 17.4 Å².